The molecule has 1 unspecified atom stereocenters. The van der Waals surface area contributed by atoms with Crippen LogP contribution in [0.5, 0.6) is 0 Å². The van der Waals surface area contributed by atoms with Crippen LogP contribution in [-0.4, -0.2) is 24.5 Å². The van der Waals surface area contributed by atoms with Gasteiger partial charge in [0.2, 0.25) is 0 Å². The first kappa shape index (κ1) is 14.0. The summed E-state index contributed by atoms with van der Waals surface area (Å²) in [6, 6.07) is 6.91. The standard InChI is InChI=1S/C15H23BrN2/c1-3-18(10-12-5-6-12)15(9-17)13-7-4-11(2)8-14(13)16/h4,7-8,12,15H,3,5-6,9-10,17H2,1-2H3. The Labute approximate surface area is 119 Å². The minimum absolute atomic E-state index is 0.338. The average Bonchev–Trinajstić information content (AvgIpc) is 3.15. The van der Waals surface area contributed by atoms with Crippen molar-refractivity contribution in [3.05, 3.63) is 33.8 Å². The molecular formula is C15H23BrN2. The quantitative estimate of drug-likeness (QED) is 0.871. The van der Waals surface area contributed by atoms with Crippen LogP contribution in [0.15, 0.2) is 22.7 Å². The Morgan fingerprint density at radius 1 is 1.44 bits per heavy atom. The molecule has 1 aromatic carbocycles. The molecule has 0 bridgehead atoms. The van der Waals surface area contributed by atoms with Gasteiger partial charge in [-0.05, 0) is 49.4 Å². The van der Waals surface area contributed by atoms with E-state index in [0.29, 0.717) is 12.6 Å². The summed E-state index contributed by atoms with van der Waals surface area (Å²) < 4.78 is 1.19. The SMILES string of the molecule is CCN(CC1CC1)C(CN)c1ccc(C)cc1Br. The lowest BCUT2D eigenvalue weighted by atomic mass is 10.0. The molecule has 1 aliphatic rings. The molecule has 1 fully saturated rings. The molecule has 3 heteroatoms. The van der Waals surface area contributed by atoms with E-state index in [1.165, 1.54) is 35.0 Å². The highest BCUT2D eigenvalue weighted by molar-refractivity contribution is 9.10. The molecule has 0 spiro atoms. The summed E-state index contributed by atoms with van der Waals surface area (Å²) in [7, 11) is 0. The van der Waals surface area contributed by atoms with Gasteiger partial charge in [0.15, 0.2) is 0 Å². The van der Waals surface area contributed by atoms with Crippen molar-refractivity contribution in [2.45, 2.75) is 32.7 Å². The highest BCUT2D eigenvalue weighted by Crippen LogP contribution is 2.34. The number of nitrogens with two attached hydrogens (primary N) is 1. The third-order valence-corrected chi connectivity index (χ3v) is 4.46. The summed E-state index contributed by atoms with van der Waals surface area (Å²) in [5.41, 5.74) is 8.63. The lowest BCUT2D eigenvalue weighted by molar-refractivity contribution is 0.203. The van der Waals surface area contributed by atoms with E-state index in [4.69, 9.17) is 5.73 Å². The van der Waals surface area contributed by atoms with Gasteiger partial charge in [-0.2, -0.15) is 0 Å². The van der Waals surface area contributed by atoms with E-state index in [9.17, 15) is 0 Å². The third-order valence-electron chi connectivity index (χ3n) is 3.77. The zero-order valence-electron chi connectivity index (χ0n) is 11.3. The maximum absolute atomic E-state index is 6.02. The molecule has 0 aliphatic heterocycles. The lowest BCUT2D eigenvalue weighted by Crippen LogP contribution is -2.35. The number of likely N-dealkylation sites (N-methyl/N-ethyl adjacent to an activating group) is 1. The molecule has 100 valence electrons. The van der Waals surface area contributed by atoms with Crippen LogP contribution in [0, 0.1) is 12.8 Å². The van der Waals surface area contributed by atoms with Crippen LogP contribution in [0.2, 0.25) is 0 Å². The Bertz CT molecular complexity index is 401. The number of nitrogens with zero attached hydrogens (tertiary/aromatic N) is 1. The molecule has 1 aliphatic carbocycles. The van der Waals surface area contributed by atoms with Gasteiger partial charge in [0.25, 0.3) is 0 Å². The van der Waals surface area contributed by atoms with Gasteiger partial charge in [0, 0.05) is 23.6 Å². The number of aryl methyl sites for hydroxylation is 1. The van der Waals surface area contributed by atoms with E-state index < -0.39 is 0 Å². The second kappa shape index (κ2) is 6.18. The normalized spacial score (nSPS) is 17.2. The van der Waals surface area contributed by atoms with Gasteiger partial charge in [0.1, 0.15) is 0 Å². The molecule has 2 rings (SSSR count). The molecule has 0 aromatic heterocycles. The van der Waals surface area contributed by atoms with Gasteiger partial charge in [-0.25, -0.2) is 0 Å². The van der Waals surface area contributed by atoms with Crippen molar-refractivity contribution >= 4 is 15.9 Å². The number of benzene rings is 1. The largest absolute Gasteiger partial charge is 0.329 e. The van der Waals surface area contributed by atoms with Gasteiger partial charge in [0.05, 0.1) is 0 Å². The van der Waals surface area contributed by atoms with E-state index in [0.717, 1.165) is 12.5 Å². The molecule has 0 saturated heterocycles. The van der Waals surface area contributed by atoms with Crippen LogP contribution in [0.4, 0.5) is 0 Å². The maximum atomic E-state index is 6.02. The molecule has 0 heterocycles. The van der Waals surface area contributed by atoms with Crippen LogP contribution in [0.1, 0.15) is 36.9 Å². The molecule has 2 N–H and O–H groups in total. The molecule has 18 heavy (non-hydrogen) atoms. The highest BCUT2D eigenvalue weighted by atomic mass is 79.9. The fourth-order valence-electron chi connectivity index (χ4n) is 2.48. The predicted molar refractivity (Wildman–Crippen MR) is 80.6 cm³/mol. The van der Waals surface area contributed by atoms with Gasteiger partial charge in [-0.15, -0.1) is 0 Å². The molecule has 1 aromatic rings. The zero-order chi connectivity index (χ0) is 13.1. The Morgan fingerprint density at radius 2 is 2.17 bits per heavy atom. The molecular weight excluding hydrogens is 288 g/mol. The minimum Gasteiger partial charge on any atom is -0.329 e. The van der Waals surface area contributed by atoms with Crippen LogP contribution < -0.4 is 5.73 Å². The fraction of sp³-hybridized carbons (Fsp3) is 0.600. The Balaban J connectivity index is 2.18. The topological polar surface area (TPSA) is 29.3 Å². The average molecular weight is 311 g/mol. The van der Waals surface area contributed by atoms with Crippen LogP contribution >= 0.6 is 15.9 Å². The van der Waals surface area contributed by atoms with Crippen molar-refractivity contribution in [3.63, 3.8) is 0 Å². The third kappa shape index (κ3) is 3.34. The molecule has 0 amide bonds. The van der Waals surface area contributed by atoms with Crippen molar-refractivity contribution < 1.29 is 0 Å². The monoisotopic (exact) mass is 310 g/mol. The number of halogens is 1. The summed E-state index contributed by atoms with van der Waals surface area (Å²) in [6.45, 7) is 7.29. The maximum Gasteiger partial charge on any atom is 0.0481 e. The van der Waals surface area contributed by atoms with Crippen molar-refractivity contribution in [1.82, 2.24) is 4.90 Å². The summed E-state index contributed by atoms with van der Waals surface area (Å²) in [5.74, 6) is 0.906. The first-order valence-electron chi connectivity index (χ1n) is 6.85. The number of hydrogen-bond donors (Lipinski definition) is 1. The first-order valence-corrected chi connectivity index (χ1v) is 7.65. The van der Waals surface area contributed by atoms with Gasteiger partial charge >= 0.3 is 0 Å². The molecule has 1 atom stereocenters. The highest BCUT2D eigenvalue weighted by Gasteiger charge is 2.28. The van der Waals surface area contributed by atoms with Crippen LogP contribution in [0.25, 0.3) is 0 Å². The second-order valence-corrected chi connectivity index (χ2v) is 6.16. The fourth-order valence-corrected chi connectivity index (χ4v) is 3.24. The predicted octanol–water partition coefficient (Wildman–Crippen LogP) is 3.49. The Morgan fingerprint density at radius 3 is 2.67 bits per heavy atom. The van der Waals surface area contributed by atoms with Crippen molar-refractivity contribution in [1.29, 1.82) is 0 Å². The van der Waals surface area contributed by atoms with Gasteiger partial charge in [-0.1, -0.05) is 35.0 Å². The van der Waals surface area contributed by atoms with Crippen LogP contribution in [0.3, 0.4) is 0 Å². The van der Waals surface area contributed by atoms with E-state index in [1.54, 1.807) is 0 Å². The second-order valence-electron chi connectivity index (χ2n) is 5.31. The molecule has 2 nitrogen and oxygen atoms in total. The smallest absolute Gasteiger partial charge is 0.0481 e. The zero-order valence-corrected chi connectivity index (χ0v) is 12.9. The lowest BCUT2D eigenvalue weighted by Gasteiger charge is -2.31. The van der Waals surface area contributed by atoms with E-state index >= 15 is 0 Å². The minimum atomic E-state index is 0.338. The number of rotatable bonds is 6. The Kier molecular flexibility index (Phi) is 4.82. The van der Waals surface area contributed by atoms with E-state index in [2.05, 4.69) is 52.9 Å². The van der Waals surface area contributed by atoms with Crippen molar-refractivity contribution in [3.8, 4) is 0 Å². The van der Waals surface area contributed by atoms with Crippen molar-refractivity contribution in [2.24, 2.45) is 11.7 Å². The van der Waals surface area contributed by atoms with Crippen molar-refractivity contribution in [2.75, 3.05) is 19.6 Å². The van der Waals surface area contributed by atoms with Gasteiger partial charge < -0.3 is 5.73 Å². The summed E-state index contributed by atoms with van der Waals surface area (Å²) in [6.07, 6.45) is 2.78. The van der Waals surface area contributed by atoms with E-state index in [1.807, 2.05) is 0 Å². The molecule has 0 radical (unpaired) electrons. The summed E-state index contributed by atoms with van der Waals surface area (Å²) in [4.78, 5) is 2.52. The van der Waals surface area contributed by atoms with Gasteiger partial charge in [-0.3, -0.25) is 4.90 Å². The summed E-state index contributed by atoms with van der Waals surface area (Å²) >= 11 is 3.69. The molecule has 1 saturated carbocycles. The van der Waals surface area contributed by atoms with Crippen LogP contribution in [-0.2, 0) is 0 Å². The first-order chi connectivity index (χ1) is 8.65. The van der Waals surface area contributed by atoms with E-state index in [-0.39, 0.29) is 0 Å². The number of hydrogen-bond acceptors (Lipinski definition) is 2. The Hall–Kier alpha value is -0.380. The summed E-state index contributed by atoms with van der Waals surface area (Å²) in [5, 5.41) is 0.